The quantitative estimate of drug-likeness (QED) is 0.872. The summed E-state index contributed by atoms with van der Waals surface area (Å²) >= 11 is 0. The normalized spacial score (nSPS) is 10.6. The third-order valence-electron chi connectivity index (χ3n) is 2.65. The van der Waals surface area contributed by atoms with Gasteiger partial charge in [0, 0.05) is 5.69 Å². The maximum atomic E-state index is 13.0. The molecule has 1 aromatic carbocycles. The first-order valence-electron chi connectivity index (χ1n) is 5.59. The van der Waals surface area contributed by atoms with Crippen LogP contribution in [0, 0.1) is 12.7 Å². The maximum absolute atomic E-state index is 13.0. The zero-order chi connectivity index (χ0) is 13.1. The summed E-state index contributed by atoms with van der Waals surface area (Å²) in [6.07, 6.45) is 1.06. The number of aromatic carboxylic acids is 1. The van der Waals surface area contributed by atoms with Gasteiger partial charge in [0.1, 0.15) is 11.6 Å². The molecule has 0 aliphatic carbocycles. The van der Waals surface area contributed by atoms with Crippen LogP contribution in [0.2, 0.25) is 0 Å². The van der Waals surface area contributed by atoms with Crippen molar-refractivity contribution in [2.24, 2.45) is 0 Å². The van der Waals surface area contributed by atoms with Gasteiger partial charge in [0.25, 0.3) is 0 Å². The Hall–Kier alpha value is -2.17. The van der Waals surface area contributed by atoms with Crippen molar-refractivity contribution in [3.05, 3.63) is 52.9 Å². The Labute approximate surface area is 103 Å². The van der Waals surface area contributed by atoms with E-state index in [-0.39, 0.29) is 11.5 Å². The highest BCUT2D eigenvalue weighted by molar-refractivity contribution is 5.86. The van der Waals surface area contributed by atoms with Crippen LogP contribution >= 0.6 is 0 Å². The molecule has 0 atom stereocenters. The minimum Gasteiger partial charge on any atom is -0.476 e. The van der Waals surface area contributed by atoms with Crippen molar-refractivity contribution in [2.75, 3.05) is 0 Å². The number of aromatic amines is 1. The number of hydrogen-bond donors (Lipinski definition) is 2. The summed E-state index contributed by atoms with van der Waals surface area (Å²) in [4.78, 5) is 17.8. The number of carboxylic acid groups (broad SMARTS) is 1. The highest BCUT2D eigenvalue weighted by Gasteiger charge is 2.14. The maximum Gasteiger partial charge on any atom is 0.356 e. The fourth-order valence-electron chi connectivity index (χ4n) is 1.86. The molecule has 0 amide bonds. The van der Waals surface area contributed by atoms with Gasteiger partial charge in [-0.05, 0) is 37.5 Å². The molecule has 0 saturated heterocycles. The van der Waals surface area contributed by atoms with E-state index in [1.54, 1.807) is 13.0 Å². The number of hydrogen-bond acceptors (Lipinski definition) is 2. The predicted octanol–water partition coefficient (Wildman–Crippen LogP) is 2.34. The van der Waals surface area contributed by atoms with E-state index in [9.17, 15) is 9.18 Å². The number of aromatic nitrogens is 2. The number of H-pyrrole nitrogens is 1. The molecule has 0 unspecified atom stereocenters. The van der Waals surface area contributed by atoms with Crippen LogP contribution in [0.5, 0.6) is 0 Å². The molecule has 4 nitrogen and oxygen atoms in total. The van der Waals surface area contributed by atoms with E-state index in [0.717, 1.165) is 5.56 Å². The standard InChI is InChI=1S/C13H13FN2O2/c1-8-15-11(12(16-8)13(17)18)6-5-9-3-2-4-10(14)7-9/h2-4,7H,5-6H2,1H3,(H,15,16)(H,17,18). The van der Waals surface area contributed by atoms with Crippen LogP contribution in [0.25, 0.3) is 0 Å². The number of halogens is 1. The van der Waals surface area contributed by atoms with E-state index in [1.807, 2.05) is 6.07 Å². The third kappa shape index (κ3) is 2.74. The van der Waals surface area contributed by atoms with Gasteiger partial charge < -0.3 is 10.1 Å². The first kappa shape index (κ1) is 12.3. The average Bonchev–Trinajstić information content (AvgIpc) is 2.68. The van der Waals surface area contributed by atoms with E-state index in [2.05, 4.69) is 9.97 Å². The summed E-state index contributed by atoms with van der Waals surface area (Å²) in [5.41, 5.74) is 1.45. The van der Waals surface area contributed by atoms with Crippen molar-refractivity contribution in [2.45, 2.75) is 19.8 Å². The molecule has 5 heteroatoms. The molecule has 0 saturated carbocycles. The Kier molecular flexibility index (Phi) is 3.41. The molecule has 94 valence electrons. The summed E-state index contributed by atoms with van der Waals surface area (Å²) in [5, 5.41) is 8.98. The molecule has 18 heavy (non-hydrogen) atoms. The van der Waals surface area contributed by atoms with Crippen molar-refractivity contribution in [1.82, 2.24) is 9.97 Å². The lowest BCUT2D eigenvalue weighted by molar-refractivity contribution is 0.0689. The van der Waals surface area contributed by atoms with Crippen LogP contribution in [0.3, 0.4) is 0 Å². The second kappa shape index (κ2) is 5.00. The average molecular weight is 248 g/mol. The van der Waals surface area contributed by atoms with Gasteiger partial charge in [0.15, 0.2) is 5.69 Å². The first-order chi connectivity index (χ1) is 8.56. The third-order valence-corrected chi connectivity index (χ3v) is 2.65. The number of nitrogens with one attached hydrogen (secondary N) is 1. The second-order valence-electron chi connectivity index (χ2n) is 4.08. The van der Waals surface area contributed by atoms with Crippen LogP contribution < -0.4 is 0 Å². The number of benzene rings is 1. The number of rotatable bonds is 4. The van der Waals surface area contributed by atoms with Crippen LogP contribution in [0.4, 0.5) is 4.39 Å². The molecular formula is C13H13FN2O2. The van der Waals surface area contributed by atoms with Crippen LogP contribution in [0.1, 0.15) is 27.6 Å². The van der Waals surface area contributed by atoms with E-state index in [0.29, 0.717) is 24.4 Å². The predicted molar refractivity (Wildman–Crippen MR) is 64.1 cm³/mol. The zero-order valence-corrected chi connectivity index (χ0v) is 9.90. The lowest BCUT2D eigenvalue weighted by atomic mass is 10.1. The monoisotopic (exact) mass is 248 g/mol. The van der Waals surface area contributed by atoms with Crippen molar-refractivity contribution < 1.29 is 14.3 Å². The molecule has 1 heterocycles. The highest BCUT2D eigenvalue weighted by atomic mass is 19.1. The molecule has 0 aliphatic heterocycles. The number of carboxylic acids is 1. The lowest BCUT2D eigenvalue weighted by Crippen LogP contribution is -2.03. The summed E-state index contributed by atoms with van der Waals surface area (Å²) < 4.78 is 13.0. The minimum absolute atomic E-state index is 0.0453. The summed E-state index contributed by atoms with van der Waals surface area (Å²) in [7, 11) is 0. The van der Waals surface area contributed by atoms with Crippen LogP contribution in [-0.2, 0) is 12.8 Å². The fraction of sp³-hybridized carbons (Fsp3) is 0.231. The zero-order valence-electron chi connectivity index (χ0n) is 9.90. The lowest BCUT2D eigenvalue weighted by Gasteiger charge is -2.01. The summed E-state index contributed by atoms with van der Waals surface area (Å²) in [5.74, 6) is -0.762. The first-order valence-corrected chi connectivity index (χ1v) is 5.59. The van der Waals surface area contributed by atoms with Crippen LogP contribution in [0.15, 0.2) is 24.3 Å². The Bertz CT molecular complexity index is 578. The molecule has 0 spiro atoms. The second-order valence-corrected chi connectivity index (χ2v) is 4.08. The SMILES string of the molecule is Cc1nc(C(=O)O)c(CCc2cccc(F)c2)[nH]1. The van der Waals surface area contributed by atoms with Gasteiger partial charge in [0.05, 0.1) is 0 Å². The Morgan fingerprint density at radius 3 is 2.89 bits per heavy atom. The molecule has 0 fully saturated rings. The molecule has 1 aromatic heterocycles. The number of imidazole rings is 1. The molecule has 0 radical (unpaired) electrons. The van der Waals surface area contributed by atoms with Gasteiger partial charge >= 0.3 is 5.97 Å². The van der Waals surface area contributed by atoms with Gasteiger partial charge in [-0.15, -0.1) is 0 Å². The van der Waals surface area contributed by atoms with Gasteiger partial charge in [-0.2, -0.15) is 0 Å². The smallest absolute Gasteiger partial charge is 0.356 e. The van der Waals surface area contributed by atoms with E-state index < -0.39 is 5.97 Å². The van der Waals surface area contributed by atoms with Crippen molar-refractivity contribution in [1.29, 1.82) is 0 Å². The van der Waals surface area contributed by atoms with Crippen molar-refractivity contribution >= 4 is 5.97 Å². The summed E-state index contributed by atoms with van der Waals surface area (Å²) in [6.45, 7) is 1.71. The van der Waals surface area contributed by atoms with E-state index in [4.69, 9.17) is 5.11 Å². The van der Waals surface area contributed by atoms with Gasteiger partial charge in [-0.3, -0.25) is 0 Å². The molecule has 0 bridgehead atoms. The Morgan fingerprint density at radius 2 is 2.22 bits per heavy atom. The summed E-state index contributed by atoms with van der Waals surface area (Å²) in [6, 6.07) is 6.28. The Morgan fingerprint density at radius 1 is 1.44 bits per heavy atom. The van der Waals surface area contributed by atoms with Gasteiger partial charge in [0.2, 0.25) is 0 Å². The van der Waals surface area contributed by atoms with E-state index in [1.165, 1.54) is 12.1 Å². The fourth-order valence-corrected chi connectivity index (χ4v) is 1.86. The molecule has 0 aliphatic rings. The molecule has 2 N–H and O–H groups in total. The largest absolute Gasteiger partial charge is 0.476 e. The topological polar surface area (TPSA) is 66.0 Å². The van der Waals surface area contributed by atoms with Gasteiger partial charge in [-0.1, -0.05) is 12.1 Å². The minimum atomic E-state index is -1.05. The van der Waals surface area contributed by atoms with Crippen LogP contribution in [-0.4, -0.2) is 21.0 Å². The van der Waals surface area contributed by atoms with Gasteiger partial charge in [-0.25, -0.2) is 14.2 Å². The number of nitrogens with zero attached hydrogens (tertiary/aromatic N) is 1. The van der Waals surface area contributed by atoms with E-state index >= 15 is 0 Å². The highest BCUT2D eigenvalue weighted by Crippen LogP contribution is 2.11. The van der Waals surface area contributed by atoms with Crippen molar-refractivity contribution in [3.63, 3.8) is 0 Å². The number of aryl methyl sites for hydroxylation is 3. The molecule has 2 rings (SSSR count). The van der Waals surface area contributed by atoms with Crippen molar-refractivity contribution in [3.8, 4) is 0 Å². The molecular weight excluding hydrogens is 235 g/mol. The Balaban J connectivity index is 2.13. The molecule has 2 aromatic rings. The number of carbonyl (C=O) groups is 1.